The maximum atomic E-state index is 12.1. The van der Waals surface area contributed by atoms with Crippen LogP contribution in [0.15, 0.2) is 53.4 Å². The number of hydrogen-bond donors (Lipinski definition) is 1. The summed E-state index contributed by atoms with van der Waals surface area (Å²) in [5.41, 5.74) is 2.47. The maximum Gasteiger partial charge on any atom is 0.220 e. The van der Waals surface area contributed by atoms with Gasteiger partial charge < -0.3 is 5.32 Å². The van der Waals surface area contributed by atoms with Crippen LogP contribution in [-0.4, -0.2) is 11.7 Å². The molecule has 0 bridgehead atoms. The lowest BCUT2D eigenvalue weighted by Crippen LogP contribution is -2.26. The Balaban J connectivity index is 1.69. The molecule has 0 saturated heterocycles. The second-order valence-electron chi connectivity index (χ2n) is 5.79. The standard InChI is InChI=1S/C20H24ClNOS/c1-3-16-6-8-17(9-7-16)15(2)22-20(23)5-4-14-24-19-12-10-18(21)11-13-19/h6-13,15H,3-5,14H2,1-2H3,(H,22,23)/t15-/m1/s1. The monoisotopic (exact) mass is 361 g/mol. The van der Waals surface area contributed by atoms with E-state index in [-0.39, 0.29) is 11.9 Å². The minimum absolute atomic E-state index is 0.0484. The van der Waals surface area contributed by atoms with E-state index in [0.29, 0.717) is 6.42 Å². The molecule has 1 amide bonds. The molecule has 1 atom stereocenters. The number of aryl methyl sites for hydroxylation is 1. The highest BCUT2D eigenvalue weighted by molar-refractivity contribution is 7.99. The lowest BCUT2D eigenvalue weighted by atomic mass is 10.0. The minimum Gasteiger partial charge on any atom is -0.350 e. The number of carbonyl (C=O) groups excluding carboxylic acids is 1. The van der Waals surface area contributed by atoms with Crippen LogP contribution in [0.1, 0.15) is 43.9 Å². The smallest absolute Gasteiger partial charge is 0.220 e. The second kappa shape index (κ2) is 9.75. The van der Waals surface area contributed by atoms with Crippen LogP contribution in [0.4, 0.5) is 0 Å². The number of nitrogens with one attached hydrogen (secondary N) is 1. The highest BCUT2D eigenvalue weighted by Gasteiger charge is 2.09. The zero-order valence-corrected chi connectivity index (χ0v) is 15.8. The molecular weight excluding hydrogens is 338 g/mol. The summed E-state index contributed by atoms with van der Waals surface area (Å²) in [4.78, 5) is 13.3. The molecule has 128 valence electrons. The van der Waals surface area contributed by atoms with Gasteiger partial charge in [-0.15, -0.1) is 11.8 Å². The molecule has 2 aromatic carbocycles. The maximum absolute atomic E-state index is 12.1. The van der Waals surface area contributed by atoms with Crippen LogP contribution in [-0.2, 0) is 11.2 Å². The SMILES string of the molecule is CCc1ccc([C@@H](C)NC(=O)CCCSc2ccc(Cl)cc2)cc1. The van der Waals surface area contributed by atoms with Crippen molar-refractivity contribution in [2.75, 3.05) is 5.75 Å². The molecule has 0 heterocycles. The lowest BCUT2D eigenvalue weighted by Gasteiger charge is -2.14. The molecule has 0 aliphatic carbocycles. The molecule has 1 N–H and O–H groups in total. The Morgan fingerprint density at radius 2 is 1.79 bits per heavy atom. The van der Waals surface area contributed by atoms with Gasteiger partial charge in [0.1, 0.15) is 0 Å². The largest absolute Gasteiger partial charge is 0.350 e. The summed E-state index contributed by atoms with van der Waals surface area (Å²) in [6.07, 6.45) is 2.45. The highest BCUT2D eigenvalue weighted by atomic mass is 35.5. The fourth-order valence-electron chi connectivity index (χ4n) is 2.39. The normalized spacial score (nSPS) is 12.0. The van der Waals surface area contributed by atoms with E-state index >= 15 is 0 Å². The van der Waals surface area contributed by atoms with Gasteiger partial charge in [0.2, 0.25) is 5.91 Å². The third-order valence-electron chi connectivity index (χ3n) is 3.90. The van der Waals surface area contributed by atoms with Gasteiger partial charge in [-0.3, -0.25) is 4.79 Å². The quantitative estimate of drug-likeness (QED) is 0.486. The number of amides is 1. The van der Waals surface area contributed by atoms with Gasteiger partial charge >= 0.3 is 0 Å². The van der Waals surface area contributed by atoms with Crippen molar-refractivity contribution in [2.24, 2.45) is 0 Å². The molecule has 0 fully saturated rings. The summed E-state index contributed by atoms with van der Waals surface area (Å²) in [6, 6.07) is 16.3. The van der Waals surface area contributed by atoms with E-state index in [1.807, 2.05) is 31.2 Å². The van der Waals surface area contributed by atoms with Crippen molar-refractivity contribution in [3.8, 4) is 0 Å². The molecular formula is C20H24ClNOS. The first-order chi connectivity index (χ1) is 11.6. The Morgan fingerprint density at radius 1 is 1.12 bits per heavy atom. The Hall–Kier alpha value is -1.45. The predicted molar refractivity (Wildman–Crippen MR) is 104 cm³/mol. The van der Waals surface area contributed by atoms with E-state index in [9.17, 15) is 4.79 Å². The fourth-order valence-corrected chi connectivity index (χ4v) is 3.37. The Morgan fingerprint density at radius 3 is 2.42 bits per heavy atom. The fraction of sp³-hybridized carbons (Fsp3) is 0.350. The van der Waals surface area contributed by atoms with E-state index in [1.165, 1.54) is 10.5 Å². The van der Waals surface area contributed by atoms with E-state index in [0.717, 1.165) is 29.2 Å². The molecule has 4 heteroatoms. The van der Waals surface area contributed by atoms with E-state index < -0.39 is 0 Å². The van der Waals surface area contributed by atoms with Crippen molar-refractivity contribution >= 4 is 29.3 Å². The van der Waals surface area contributed by atoms with Crippen molar-refractivity contribution in [2.45, 2.75) is 44.0 Å². The van der Waals surface area contributed by atoms with Gasteiger partial charge in [-0.25, -0.2) is 0 Å². The molecule has 0 aromatic heterocycles. The van der Waals surface area contributed by atoms with Gasteiger partial charge in [0.15, 0.2) is 0 Å². The topological polar surface area (TPSA) is 29.1 Å². The zero-order chi connectivity index (χ0) is 17.4. The highest BCUT2D eigenvalue weighted by Crippen LogP contribution is 2.21. The average molecular weight is 362 g/mol. The predicted octanol–water partition coefficient (Wildman–Crippen LogP) is 5.65. The third kappa shape index (κ3) is 6.21. The molecule has 0 spiro atoms. The van der Waals surface area contributed by atoms with Crippen LogP contribution in [0.5, 0.6) is 0 Å². The summed E-state index contributed by atoms with van der Waals surface area (Å²) in [5.74, 6) is 1.04. The molecule has 0 radical (unpaired) electrons. The van der Waals surface area contributed by atoms with E-state index in [1.54, 1.807) is 11.8 Å². The summed E-state index contributed by atoms with van der Waals surface area (Å²) >= 11 is 7.62. The number of benzene rings is 2. The Bertz CT molecular complexity index is 640. The summed E-state index contributed by atoms with van der Waals surface area (Å²) in [5, 5.41) is 3.82. The van der Waals surface area contributed by atoms with Gasteiger partial charge in [0.05, 0.1) is 6.04 Å². The van der Waals surface area contributed by atoms with Gasteiger partial charge in [-0.05, 0) is 60.9 Å². The van der Waals surface area contributed by atoms with Crippen LogP contribution >= 0.6 is 23.4 Å². The van der Waals surface area contributed by atoms with E-state index in [4.69, 9.17) is 11.6 Å². The van der Waals surface area contributed by atoms with Crippen LogP contribution in [0.25, 0.3) is 0 Å². The van der Waals surface area contributed by atoms with E-state index in [2.05, 4.69) is 36.5 Å². The number of hydrogen-bond acceptors (Lipinski definition) is 2. The second-order valence-corrected chi connectivity index (χ2v) is 7.40. The number of thioether (sulfide) groups is 1. The van der Waals surface area contributed by atoms with Gasteiger partial charge in [-0.2, -0.15) is 0 Å². The zero-order valence-electron chi connectivity index (χ0n) is 14.2. The Labute approximate surface area is 154 Å². The first-order valence-electron chi connectivity index (χ1n) is 8.35. The molecule has 0 unspecified atom stereocenters. The molecule has 0 aliphatic rings. The van der Waals surface area contributed by atoms with Crippen LogP contribution in [0.3, 0.4) is 0 Å². The first kappa shape index (κ1) is 18.9. The van der Waals surface area contributed by atoms with Crippen LogP contribution < -0.4 is 5.32 Å². The van der Waals surface area contributed by atoms with Crippen molar-refractivity contribution in [1.82, 2.24) is 5.32 Å². The van der Waals surface area contributed by atoms with Gasteiger partial charge in [0, 0.05) is 16.3 Å². The lowest BCUT2D eigenvalue weighted by molar-refractivity contribution is -0.121. The first-order valence-corrected chi connectivity index (χ1v) is 9.71. The minimum atomic E-state index is 0.0484. The van der Waals surface area contributed by atoms with Gasteiger partial charge in [0.25, 0.3) is 0 Å². The molecule has 24 heavy (non-hydrogen) atoms. The van der Waals surface area contributed by atoms with Crippen LogP contribution in [0.2, 0.25) is 5.02 Å². The molecule has 2 aromatic rings. The summed E-state index contributed by atoms with van der Waals surface area (Å²) < 4.78 is 0. The molecule has 0 aliphatic heterocycles. The van der Waals surface area contributed by atoms with Gasteiger partial charge in [-0.1, -0.05) is 42.8 Å². The Kier molecular flexibility index (Phi) is 7.67. The molecule has 0 saturated carbocycles. The molecule has 2 rings (SSSR count). The number of halogens is 1. The van der Waals surface area contributed by atoms with Crippen molar-refractivity contribution in [3.05, 3.63) is 64.7 Å². The average Bonchev–Trinajstić information content (AvgIpc) is 2.60. The van der Waals surface area contributed by atoms with Crippen LogP contribution in [0, 0.1) is 0 Å². The third-order valence-corrected chi connectivity index (χ3v) is 5.25. The van der Waals surface area contributed by atoms with Crippen molar-refractivity contribution in [1.29, 1.82) is 0 Å². The summed E-state index contributed by atoms with van der Waals surface area (Å²) in [6.45, 7) is 4.17. The number of carbonyl (C=O) groups is 1. The molecule has 2 nitrogen and oxygen atoms in total. The summed E-state index contributed by atoms with van der Waals surface area (Å²) in [7, 11) is 0. The number of rotatable bonds is 8. The van der Waals surface area contributed by atoms with Crippen molar-refractivity contribution < 1.29 is 4.79 Å². The van der Waals surface area contributed by atoms with Crippen molar-refractivity contribution in [3.63, 3.8) is 0 Å².